The van der Waals surface area contributed by atoms with Crippen LogP contribution >= 0.6 is 0 Å². The van der Waals surface area contributed by atoms with Gasteiger partial charge in [0.15, 0.2) is 5.66 Å². The monoisotopic (exact) mass is 187 g/mol. The number of rotatable bonds is 1. The fourth-order valence-corrected chi connectivity index (χ4v) is 2.12. The van der Waals surface area contributed by atoms with Gasteiger partial charge in [0, 0.05) is 25.4 Å². The lowest BCUT2D eigenvalue weighted by molar-refractivity contribution is 0.334. The molecule has 1 aromatic rings. The van der Waals surface area contributed by atoms with Crippen LogP contribution in [0.25, 0.3) is 0 Å². The standard InChI is InChI=1S/C11H13N3/c1-2-4-9(5-3-1)10-8-11(13-14-11)6-7-12-10/h1-5,10,12H,6-8H2. The lowest BCUT2D eigenvalue weighted by atomic mass is 9.91. The average molecular weight is 187 g/mol. The Morgan fingerprint density at radius 2 is 2.00 bits per heavy atom. The van der Waals surface area contributed by atoms with E-state index in [1.807, 2.05) is 6.07 Å². The first-order valence-electron chi connectivity index (χ1n) is 5.10. The van der Waals surface area contributed by atoms with Crippen molar-refractivity contribution in [3.8, 4) is 0 Å². The Morgan fingerprint density at radius 3 is 2.71 bits per heavy atom. The molecule has 0 aromatic heterocycles. The molecule has 0 radical (unpaired) electrons. The third-order valence-corrected chi connectivity index (χ3v) is 3.03. The summed E-state index contributed by atoms with van der Waals surface area (Å²) >= 11 is 0. The lowest BCUT2D eigenvalue weighted by Crippen LogP contribution is -2.36. The van der Waals surface area contributed by atoms with Gasteiger partial charge in [-0.1, -0.05) is 30.3 Å². The topological polar surface area (TPSA) is 36.8 Å². The molecule has 0 saturated carbocycles. The molecule has 3 rings (SSSR count). The Bertz CT molecular complexity index is 352. The minimum atomic E-state index is -0.00818. The predicted octanol–water partition coefficient (Wildman–Crippen LogP) is 2.27. The number of benzene rings is 1. The summed E-state index contributed by atoms with van der Waals surface area (Å²) in [4.78, 5) is 0. The molecular weight excluding hydrogens is 174 g/mol. The van der Waals surface area contributed by atoms with Crippen LogP contribution in [-0.4, -0.2) is 12.2 Å². The Balaban J connectivity index is 1.79. The Labute approximate surface area is 83.2 Å². The van der Waals surface area contributed by atoms with Crippen LogP contribution in [-0.2, 0) is 0 Å². The van der Waals surface area contributed by atoms with Gasteiger partial charge in [-0.3, -0.25) is 0 Å². The highest BCUT2D eigenvalue weighted by Gasteiger charge is 2.44. The number of nitrogens with zero attached hydrogens (tertiary/aromatic N) is 2. The largest absolute Gasteiger partial charge is 0.310 e. The van der Waals surface area contributed by atoms with Gasteiger partial charge in [0.1, 0.15) is 0 Å². The van der Waals surface area contributed by atoms with Gasteiger partial charge in [0.2, 0.25) is 0 Å². The summed E-state index contributed by atoms with van der Waals surface area (Å²) in [6.07, 6.45) is 2.09. The maximum absolute atomic E-state index is 4.15. The van der Waals surface area contributed by atoms with Crippen molar-refractivity contribution < 1.29 is 0 Å². The molecule has 2 heterocycles. The van der Waals surface area contributed by atoms with E-state index < -0.39 is 0 Å². The van der Waals surface area contributed by atoms with Crippen LogP contribution in [0.3, 0.4) is 0 Å². The molecule has 1 spiro atoms. The van der Waals surface area contributed by atoms with Crippen LogP contribution in [0, 0.1) is 0 Å². The third kappa shape index (κ3) is 1.34. The quantitative estimate of drug-likeness (QED) is 0.719. The molecule has 1 unspecified atom stereocenters. The molecule has 0 aliphatic carbocycles. The molecule has 1 saturated heterocycles. The summed E-state index contributed by atoms with van der Waals surface area (Å²) in [6.45, 7) is 1.02. The van der Waals surface area contributed by atoms with Crippen molar-refractivity contribution in [2.45, 2.75) is 24.5 Å². The highest BCUT2D eigenvalue weighted by Crippen LogP contribution is 2.42. The second kappa shape index (κ2) is 2.89. The van der Waals surface area contributed by atoms with E-state index in [1.165, 1.54) is 5.56 Å². The molecular formula is C11H13N3. The molecule has 1 aromatic carbocycles. The molecule has 0 amide bonds. The highest BCUT2D eigenvalue weighted by atomic mass is 15.4. The SMILES string of the molecule is c1ccc(C2CC3(CCN2)N=N3)cc1. The van der Waals surface area contributed by atoms with E-state index in [4.69, 9.17) is 0 Å². The van der Waals surface area contributed by atoms with E-state index >= 15 is 0 Å². The number of hydrogen-bond acceptors (Lipinski definition) is 3. The zero-order chi connectivity index (χ0) is 9.43. The van der Waals surface area contributed by atoms with Gasteiger partial charge < -0.3 is 5.32 Å². The van der Waals surface area contributed by atoms with Crippen LogP contribution in [0.5, 0.6) is 0 Å². The van der Waals surface area contributed by atoms with Gasteiger partial charge in [0.25, 0.3) is 0 Å². The number of piperidine rings is 1. The average Bonchev–Trinajstić information content (AvgIpc) is 2.99. The molecule has 1 atom stereocenters. The number of nitrogens with one attached hydrogen (secondary N) is 1. The van der Waals surface area contributed by atoms with Crippen LogP contribution in [0.2, 0.25) is 0 Å². The first-order chi connectivity index (χ1) is 6.88. The summed E-state index contributed by atoms with van der Waals surface area (Å²) in [7, 11) is 0. The maximum atomic E-state index is 4.15. The zero-order valence-corrected chi connectivity index (χ0v) is 7.98. The Kier molecular flexibility index (Phi) is 1.67. The van der Waals surface area contributed by atoms with E-state index in [2.05, 4.69) is 39.8 Å². The van der Waals surface area contributed by atoms with E-state index in [0.717, 1.165) is 19.4 Å². The fraction of sp³-hybridized carbons (Fsp3) is 0.455. The maximum Gasteiger partial charge on any atom is 0.194 e. The van der Waals surface area contributed by atoms with Crippen molar-refractivity contribution in [2.24, 2.45) is 10.2 Å². The summed E-state index contributed by atoms with van der Waals surface area (Å²) in [6, 6.07) is 11.0. The Morgan fingerprint density at radius 1 is 1.21 bits per heavy atom. The van der Waals surface area contributed by atoms with Crippen molar-refractivity contribution in [3.05, 3.63) is 35.9 Å². The smallest absolute Gasteiger partial charge is 0.194 e. The fourth-order valence-electron chi connectivity index (χ4n) is 2.12. The van der Waals surface area contributed by atoms with Gasteiger partial charge in [-0.25, -0.2) is 0 Å². The van der Waals surface area contributed by atoms with Crippen molar-refractivity contribution in [1.29, 1.82) is 0 Å². The van der Waals surface area contributed by atoms with E-state index in [9.17, 15) is 0 Å². The van der Waals surface area contributed by atoms with E-state index in [0.29, 0.717) is 6.04 Å². The Hall–Kier alpha value is -1.22. The minimum Gasteiger partial charge on any atom is -0.310 e. The summed E-state index contributed by atoms with van der Waals surface area (Å²) in [5.74, 6) is 0. The van der Waals surface area contributed by atoms with Crippen LogP contribution in [0.15, 0.2) is 40.6 Å². The van der Waals surface area contributed by atoms with Gasteiger partial charge in [-0.05, 0) is 5.56 Å². The van der Waals surface area contributed by atoms with Gasteiger partial charge in [-0.15, -0.1) is 0 Å². The second-order valence-electron chi connectivity index (χ2n) is 4.05. The molecule has 1 N–H and O–H groups in total. The molecule has 2 aliphatic heterocycles. The van der Waals surface area contributed by atoms with Crippen molar-refractivity contribution in [2.75, 3.05) is 6.54 Å². The second-order valence-corrected chi connectivity index (χ2v) is 4.05. The summed E-state index contributed by atoms with van der Waals surface area (Å²) in [5, 5.41) is 11.8. The molecule has 3 nitrogen and oxygen atoms in total. The number of hydrogen-bond donors (Lipinski definition) is 1. The molecule has 14 heavy (non-hydrogen) atoms. The summed E-state index contributed by atoms with van der Waals surface area (Å²) < 4.78 is 0. The molecule has 2 aliphatic rings. The van der Waals surface area contributed by atoms with Crippen LogP contribution < -0.4 is 5.32 Å². The normalized spacial score (nSPS) is 27.9. The van der Waals surface area contributed by atoms with Crippen LogP contribution in [0.1, 0.15) is 24.4 Å². The molecule has 3 heteroatoms. The van der Waals surface area contributed by atoms with Crippen LogP contribution in [0.4, 0.5) is 0 Å². The van der Waals surface area contributed by atoms with Crippen molar-refractivity contribution >= 4 is 0 Å². The minimum absolute atomic E-state index is 0.00818. The molecule has 0 bridgehead atoms. The molecule has 72 valence electrons. The van der Waals surface area contributed by atoms with Crippen molar-refractivity contribution in [3.63, 3.8) is 0 Å². The van der Waals surface area contributed by atoms with E-state index in [-0.39, 0.29) is 5.66 Å². The predicted molar refractivity (Wildman–Crippen MR) is 54.0 cm³/mol. The lowest BCUT2D eigenvalue weighted by Gasteiger charge is -2.27. The first-order valence-corrected chi connectivity index (χ1v) is 5.10. The third-order valence-electron chi connectivity index (χ3n) is 3.03. The molecule has 1 fully saturated rings. The van der Waals surface area contributed by atoms with Gasteiger partial charge >= 0.3 is 0 Å². The van der Waals surface area contributed by atoms with Gasteiger partial charge in [0.05, 0.1) is 0 Å². The first kappa shape index (κ1) is 8.12. The highest BCUT2D eigenvalue weighted by molar-refractivity contribution is 5.21. The van der Waals surface area contributed by atoms with Gasteiger partial charge in [-0.2, -0.15) is 10.2 Å². The van der Waals surface area contributed by atoms with Crippen molar-refractivity contribution in [1.82, 2.24) is 5.32 Å². The zero-order valence-electron chi connectivity index (χ0n) is 7.98. The van der Waals surface area contributed by atoms with E-state index in [1.54, 1.807) is 0 Å². The summed E-state index contributed by atoms with van der Waals surface area (Å²) in [5.41, 5.74) is 1.34.